The first kappa shape index (κ1) is 15.8. The molecule has 1 N–H and O–H groups in total. The second-order valence-electron chi connectivity index (χ2n) is 5.60. The van der Waals surface area contributed by atoms with Gasteiger partial charge in [-0.05, 0) is 30.5 Å². The number of carbonyl (C=O) groups excluding carboxylic acids is 1. The standard InChI is InChI=1S/C17H19N3O2S/c1-12-4-2-3-5-13(12)15-8-9-20(10-11-23-15)17(22)14-6-7-16(21)19-18-14/h2-7,15H,8-11H2,1H3,(H,19,21)/t15-/m0/s1. The van der Waals surface area contributed by atoms with E-state index in [1.165, 1.54) is 23.3 Å². The fraction of sp³-hybridized carbons (Fsp3) is 0.353. The first-order valence-corrected chi connectivity index (χ1v) is 8.72. The normalized spacial score (nSPS) is 18.5. The highest BCUT2D eigenvalue weighted by atomic mass is 32.2. The maximum absolute atomic E-state index is 12.5. The number of amides is 1. The van der Waals surface area contributed by atoms with Crippen LogP contribution in [0.2, 0.25) is 0 Å². The summed E-state index contributed by atoms with van der Waals surface area (Å²) in [6.07, 6.45) is 0.921. The molecule has 1 aromatic carbocycles. The molecule has 0 bridgehead atoms. The van der Waals surface area contributed by atoms with Gasteiger partial charge in [-0.15, -0.1) is 0 Å². The van der Waals surface area contributed by atoms with E-state index in [0.717, 1.165) is 12.2 Å². The molecule has 5 nitrogen and oxygen atoms in total. The van der Waals surface area contributed by atoms with Crippen molar-refractivity contribution in [2.24, 2.45) is 0 Å². The van der Waals surface area contributed by atoms with E-state index in [0.29, 0.717) is 24.0 Å². The van der Waals surface area contributed by atoms with E-state index in [4.69, 9.17) is 0 Å². The Morgan fingerprint density at radius 2 is 2.09 bits per heavy atom. The van der Waals surface area contributed by atoms with Crippen molar-refractivity contribution in [3.8, 4) is 0 Å². The largest absolute Gasteiger partial charge is 0.336 e. The van der Waals surface area contributed by atoms with Crippen molar-refractivity contribution in [3.63, 3.8) is 0 Å². The Hall–Kier alpha value is -2.08. The van der Waals surface area contributed by atoms with E-state index >= 15 is 0 Å². The number of hydrogen-bond donors (Lipinski definition) is 1. The van der Waals surface area contributed by atoms with Gasteiger partial charge in [-0.2, -0.15) is 16.9 Å². The van der Waals surface area contributed by atoms with Crippen LogP contribution in [0.1, 0.15) is 33.3 Å². The predicted octanol–water partition coefficient (Wildman–Crippen LogP) is 2.40. The van der Waals surface area contributed by atoms with Gasteiger partial charge in [0.2, 0.25) is 0 Å². The molecule has 120 valence electrons. The number of aromatic nitrogens is 2. The van der Waals surface area contributed by atoms with Gasteiger partial charge in [0.05, 0.1) is 0 Å². The second kappa shape index (κ2) is 7.00. The van der Waals surface area contributed by atoms with Crippen LogP contribution < -0.4 is 5.56 Å². The van der Waals surface area contributed by atoms with Gasteiger partial charge in [-0.1, -0.05) is 24.3 Å². The molecule has 0 radical (unpaired) electrons. The summed E-state index contributed by atoms with van der Waals surface area (Å²) in [5, 5.41) is 6.57. The third kappa shape index (κ3) is 3.64. The summed E-state index contributed by atoms with van der Waals surface area (Å²) in [6, 6.07) is 11.3. The minimum absolute atomic E-state index is 0.118. The van der Waals surface area contributed by atoms with Crippen molar-refractivity contribution < 1.29 is 4.79 Å². The first-order valence-electron chi connectivity index (χ1n) is 7.67. The van der Waals surface area contributed by atoms with Gasteiger partial charge in [-0.3, -0.25) is 9.59 Å². The highest BCUT2D eigenvalue weighted by Crippen LogP contribution is 2.36. The zero-order valence-electron chi connectivity index (χ0n) is 13.0. The van der Waals surface area contributed by atoms with E-state index in [1.807, 2.05) is 16.7 Å². The monoisotopic (exact) mass is 329 g/mol. The van der Waals surface area contributed by atoms with E-state index in [2.05, 4.69) is 41.4 Å². The van der Waals surface area contributed by atoms with Crippen LogP contribution in [0.4, 0.5) is 0 Å². The van der Waals surface area contributed by atoms with E-state index in [-0.39, 0.29) is 11.5 Å². The SMILES string of the molecule is Cc1ccccc1[C@@H]1CCN(C(=O)c2ccc(=O)[nH]n2)CCS1. The number of carbonyl (C=O) groups is 1. The minimum Gasteiger partial charge on any atom is -0.336 e. The van der Waals surface area contributed by atoms with Crippen LogP contribution in [-0.2, 0) is 0 Å². The highest BCUT2D eigenvalue weighted by molar-refractivity contribution is 7.99. The molecule has 1 saturated heterocycles. The molecule has 0 saturated carbocycles. The summed E-state index contributed by atoms with van der Waals surface area (Å²) in [4.78, 5) is 25.4. The zero-order chi connectivity index (χ0) is 16.2. The highest BCUT2D eigenvalue weighted by Gasteiger charge is 2.24. The van der Waals surface area contributed by atoms with Crippen molar-refractivity contribution in [3.05, 3.63) is 63.6 Å². The first-order chi connectivity index (χ1) is 11.1. The number of aryl methyl sites for hydroxylation is 1. The van der Waals surface area contributed by atoms with E-state index in [1.54, 1.807) is 0 Å². The van der Waals surface area contributed by atoms with Crippen molar-refractivity contribution in [1.82, 2.24) is 15.1 Å². The van der Waals surface area contributed by atoms with Crippen LogP contribution in [0, 0.1) is 6.92 Å². The molecule has 6 heteroatoms. The molecule has 1 aromatic heterocycles. The minimum atomic E-state index is -0.299. The molecule has 1 aliphatic heterocycles. The molecule has 2 heterocycles. The Morgan fingerprint density at radius 3 is 2.83 bits per heavy atom. The molecule has 1 atom stereocenters. The van der Waals surface area contributed by atoms with Crippen LogP contribution in [0.25, 0.3) is 0 Å². The number of rotatable bonds is 2. The maximum atomic E-state index is 12.5. The summed E-state index contributed by atoms with van der Waals surface area (Å²) < 4.78 is 0. The number of thioether (sulfide) groups is 1. The number of benzene rings is 1. The lowest BCUT2D eigenvalue weighted by atomic mass is 10.0. The smallest absolute Gasteiger partial charge is 0.274 e. The third-order valence-corrected chi connectivity index (χ3v) is 5.37. The second-order valence-corrected chi connectivity index (χ2v) is 6.91. The summed E-state index contributed by atoms with van der Waals surface area (Å²) in [6.45, 7) is 3.53. The van der Waals surface area contributed by atoms with Gasteiger partial charge in [0.25, 0.3) is 11.5 Å². The number of hydrogen-bond acceptors (Lipinski definition) is 4. The molecular formula is C17H19N3O2S. The fourth-order valence-corrected chi connectivity index (χ4v) is 4.12. The Bertz CT molecular complexity index is 739. The third-order valence-electron chi connectivity index (χ3n) is 4.06. The zero-order valence-corrected chi connectivity index (χ0v) is 13.8. The van der Waals surface area contributed by atoms with Gasteiger partial charge >= 0.3 is 0 Å². The molecule has 0 aliphatic carbocycles. The average molecular weight is 329 g/mol. The molecule has 2 aromatic rings. The lowest BCUT2D eigenvalue weighted by Gasteiger charge is -2.20. The topological polar surface area (TPSA) is 66.1 Å². The quantitative estimate of drug-likeness (QED) is 0.919. The maximum Gasteiger partial charge on any atom is 0.274 e. The number of nitrogens with zero attached hydrogens (tertiary/aromatic N) is 2. The van der Waals surface area contributed by atoms with E-state index < -0.39 is 0 Å². The van der Waals surface area contributed by atoms with Gasteiger partial charge < -0.3 is 4.90 Å². The molecule has 1 fully saturated rings. The molecule has 1 aliphatic rings. The number of aromatic amines is 1. The Kier molecular flexibility index (Phi) is 4.81. The van der Waals surface area contributed by atoms with Crippen LogP contribution in [0.3, 0.4) is 0 Å². The Balaban J connectivity index is 1.71. The van der Waals surface area contributed by atoms with Crippen LogP contribution in [0.15, 0.2) is 41.2 Å². The van der Waals surface area contributed by atoms with Crippen molar-refractivity contribution in [2.75, 3.05) is 18.8 Å². The van der Waals surface area contributed by atoms with Crippen molar-refractivity contribution in [1.29, 1.82) is 0 Å². The Labute approximate surface area is 139 Å². The number of H-pyrrole nitrogens is 1. The van der Waals surface area contributed by atoms with Gasteiger partial charge in [0, 0.05) is 30.2 Å². The summed E-state index contributed by atoms with van der Waals surface area (Å²) in [5.41, 5.74) is 2.65. The van der Waals surface area contributed by atoms with E-state index in [9.17, 15) is 9.59 Å². The summed E-state index contributed by atoms with van der Waals surface area (Å²) in [5.74, 6) is 0.779. The van der Waals surface area contributed by atoms with Crippen LogP contribution >= 0.6 is 11.8 Å². The van der Waals surface area contributed by atoms with Crippen molar-refractivity contribution in [2.45, 2.75) is 18.6 Å². The Morgan fingerprint density at radius 1 is 1.26 bits per heavy atom. The molecule has 23 heavy (non-hydrogen) atoms. The number of nitrogens with one attached hydrogen (secondary N) is 1. The van der Waals surface area contributed by atoms with Gasteiger partial charge in [0.15, 0.2) is 0 Å². The fourth-order valence-electron chi connectivity index (χ4n) is 2.80. The lowest BCUT2D eigenvalue weighted by molar-refractivity contribution is 0.0759. The van der Waals surface area contributed by atoms with Gasteiger partial charge in [0.1, 0.15) is 5.69 Å². The van der Waals surface area contributed by atoms with Gasteiger partial charge in [-0.25, -0.2) is 5.10 Å². The molecule has 0 spiro atoms. The van der Waals surface area contributed by atoms with Crippen molar-refractivity contribution >= 4 is 17.7 Å². The molecule has 0 unspecified atom stereocenters. The van der Waals surface area contributed by atoms with Crippen LogP contribution in [0.5, 0.6) is 0 Å². The summed E-state index contributed by atoms with van der Waals surface area (Å²) >= 11 is 1.90. The van der Waals surface area contributed by atoms with Crippen LogP contribution in [-0.4, -0.2) is 39.8 Å². The molecule has 1 amide bonds. The predicted molar refractivity (Wildman–Crippen MR) is 91.8 cm³/mol. The lowest BCUT2D eigenvalue weighted by Crippen LogP contribution is -2.34. The average Bonchev–Trinajstić information content (AvgIpc) is 2.81. The summed E-state index contributed by atoms with van der Waals surface area (Å²) in [7, 11) is 0. The molecular weight excluding hydrogens is 310 g/mol. The molecule has 3 rings (SSSR count).